The molecule has 2 aromatic heterocycles. The fraction of sp³-hybridized carbons (Fsp3) is 0.357. The first kappa shape index (κ1) is 14.6. The molecule has 2 heterocycles. The number of hydrogen-bond acceptors (Lipinski definition) is 4. The lowest BCUT2D eigenvalue weighted by molar-refractivity contribution is 0.173. The second kappa shape index (κ2) is 7.72. The van der Waals surface area contributed by atoms with Crippen LogP contribution in [0.3, 0.4) is 0 Å². The summed E-state index contributed by atoms with van der Waals surface area (Å²) in [5, 5.41) is 6.87. The van der Waals surface area contributed by atoms with E-state index in [1.54, 1.807) is 29.6 Å². The van der Waals surface area contributed by atoms with E-state index in [1.807, 2.05) is 29.0 Å². The first-order chi connectivity index (χ1) is 9.79. The van der Waals surface area contributed by atoms with Gasteiger partial charge in [-0.05, 0) is 34.5 Å². The van der Waals surface area contributed by atoms with Crippen molar-refractivity contribution in [3.8, 4) is 0 Å². The van der Waals surface area contributed by atoms with Crippen LogP contribution < -0.4 is 5.32 Å². The summed E-state index contributed by atoms with van der Waals surface area (Å²) in [6.45, 7) is 2.00. The Morgan fingerprint density at radius 3 is 3.00 bits per heavy atom. The number of carbonyl (C=O) groups is 1. The fourth-order valence-electron chi connectivity index (χ4n) is 1.76. The van der Waals surface area contributed by atoms with Gasteiger partial charge in [0.25, 0.3) is 0 Å². The van der Waals surface area contributed by atoms with Crippen LogP contribution in [-0.4, -0.2) is 31.2 Å². The number of urea groups is 1. The van der Waals surface area contributed by atoms with E-state index in [1.165, 1.54) is 0 Å². The van der Waals surface area contributed by atoms with Crippen LogP contribution in [0.1, 0.15) is 11.3 Å². The van der Waals surface area contributed by atoms with Gasteiger partial charge >= 0.3 is 6.03 Å². The molecule has 0 saturated heterocycles. The van der Waals surface area contributed by atoms with E-state index in [-0.39, 0.29) is 6.03 Å². The Hall–Kier alpha value is -1.79. The zero-order valence-electron chi connectivity index (χ0n) is 11.4. The minimum absolute atomic E-state index is 0.121. The van der Waals surface area contributed by atoms with Gasteiger partial charge < -0.3 is 19.4 Å². The van der Waals surface area contributed by atoms with Crippen LogP contribution in [0.4, 0.5) is 4.79 Å². The van der Waals surface area contributed by atoms with E-state index >= 15 is 0 Å². The molecular formula is C14H18N2O3S. The van der Waals surface area contributed by atoms with Crippen LogP contribution >= 0.6 is 11.3 Å². The van der Waals surface area contributed by atoms with Gasteiger partial charge in [-0.15, -0.1) is 0 Å². The Kier molecular flexibility index (Phi) is 5.64. The van der Waals surface area contributed by atoms with E-state index in [2.05, 4.69) is 5.32 Å². The number of nitrogens with one attached hydrogen (secondary N) is 1. The Bertz CT molecular complexity index is 460. The molecule has 5 nitrogen and oxygen atoms in total. The fourth-order valence-corrected chi connectivity index (χ4v) is 2.42. The van der Waals surface area contributed by atoms with Crippen LogP contribution in [0.2, 0.25) is 0 Å². The number of amides is 2. The van der Waals surface area contributed by atoms with Gasteiger partial charge in [-0.2, -0.15) is 11.3 Å². The second-order valence-electron chi connectivity index (χ2n) is 4.29. The maximum atomic E-state index is 12.2. The molecule has 0 aliphatic rings. The van der Waals surface area contributed by atoms with Crippen molar-refractivity contribution in [1.82, 2.24) is 10.2 Å². The van der Waals surface area contributed by atoms with Crippen LogP contribution in [0.25, 0.3) is 0 Å². The second-order valence-corrected chi connectivity index (χ2v) is 5.07. The molecule has 108 valence electrons. The summed E-state index contributed by atoms with van der Waals surface area (Å²) in [6, 6.07) is 5.58. The molecule has 0 radical (unpaired) electrons. The molecule has 6 heteroatoms. The van der Waals surface area contributed by atoms with E-state index in [0.717, 1.165) is 11.3 Å². The van der Waals surface area contributed by atoms with E-state index < -0.39 is 0 Å². The zero-order valence-corrected chi connectivity index (χ0v) is 12.2. The predicted molar refractivity (Wildman–Crippen MR) is 77.5 cm³/mol. The molecule has 0 aromatic carbocycles. The molecule has 0 unspecified atom stereocenters. The van der Waals surface area contributed by atoms with Crippen molar-refractivity contribution in [2.24, 2.45) is 0 Å². The SMILES string of the molecule is COCCNC(=O)N(Cc1ccsc1)Cc1ccco1. The summed E-state index contributed by atoms with van der Waals surface area (Å²) < 4.78 is 10.2. The lowest BCUT2D eigenvalue weighted by Gasteiger charge is -2.21. The number of hydrogen-bond donors (Lipinski definition) is 1. The molecule has 0 atom stereocenters. The average Bonchev–Trinajstić information content (AvgIpc) is 3.11. The molecule has 20 heavy (non-hydrogen) atoms. The monoisotopic (exact) mass is 294 g/mol. The van der Waals surface area contributed by atoms with E-state index in [9.17, 15) is 4.79 Å². The zero-order chi connectivity index (χ0) is 14.2. The van der Waals surface area contributed by atoms with Gasteiger partial charge in [-0.3, -0.25) is 0 Å². The molecule has 0 bridgehead atoms. The maximum absolute atomic E-state index is 12.2. The summed E-state index contributed by atoms with van der Waals surface area (Å²) in [5.41, 5.74) is 1.11. The largest absolute Gasteiger partial charge is 0.467 e. The number of rotatable bonds is 7. The standard InChI is InChI=1S/C14H18N2O3S/c1-18-7-5-15-14(17)16(9-12-4-8-20-11-12)10-13-3-2-6-19-13/h2-4,6,8,11H,5,7,9-10H2,1H3,(H,15,17). The minimum Gasteiger partial charge on any atom is -0.467 e. The van der Waals surface area contributed by atoms with Crippen molar-refractivity contribution in [3.63, 3.8) is 0 Å². The highest BCUT2D eigenvalue weighted by Gasteiger charge is 2.15. The van der Waals surface area contributed by atoms with Gasteiger partial charge in [0.05, 0.1) is 19.4 Å². The third-order valence-electron chi connectivity index (χ3n) is 2.75. The molecule has 2 amide bonds. The Labute approximate surface area is 122 Å². The van der Waals surface area contributed by atoms with Crippen LogP contribution in [0.5, 0.6) is 0 Å². The van der Waals surface area contributed by atoms with Gasteiger partial charge in [-0.25, -0.2) is 4.79 Å². The van der Waals surface area contributed by atoms with Crippen LogP contribution in [0.15, 0.2) is 39.6 Å². The lowest BCUT2D eigenvalue weighted by Crippen LogP contribution is -2.40. The number of nitrogens with zero attached hydrogens (tertiary/aromatic N) is 1. The Morgan fingerprint density at radius 2 is 2.35 bits per heavy atom. The van der Waals surface area contributed by atoms with Gasteiger partial charge in [0.1, 0.15) is 5.76 Å². The van der Waals surface area contributed by atoms with E-state index in [4.69, 9.17) is 9.15 Å². The third kappa shape index (κ3) is 4.40. The molecule has 0 fully saturated rings. The van der Waals surface area contributed by atoms with Gasteiger partial charge in [0, 0.05) is 20.2 Å². The summed E-state index contributed by atoms with van der Waals surface area (Å²) in [4.78, 5) is 13.9. The van der Waals surface area contributed by atoms with Gasteiger partial charge in [0.2, 0.25) is 0 Å². The van der Waals surface area contributed by atoms with E-state index in [0.29, 0.717) is 26.2 Å². The summed E-state index contributed by atoms with van der Waals surface area (Å²) in [7, 11) is 1.61. The smallest absolute Gasteiger partial charge is 0.318 e. The van der Waals surface area contributed by atoms with Crippen molar-refractivity contribution in [1.29, 1.82) is 0 Å². The molecule has 0 spiro atoms. The quantitative estimate of drug-likeness (QED) is 0.799. The third-order valence-corrected chi connectivity index (χ3v) is 3.48. The predicted octanol–water partition coefficient (Wildman–Crippen LogP) is 2.70. The normalized spacial score (nSPS) is 10.4. The number of thiophene rings is 1. The highest BCUT2D eigenvalue weighted by atomic mass is 32.1. The Balaban J connectivity index is 1.97. The summed E-state index contributed by atoms with van der Waals surface area (Å²) in [5.74, 6) is 0.766. The lowest BCUT2D eigenvalue weighted by atomic mass is 10.3. The molecule has 2 rings (SSSR count). The molecule has 2 aromatic rings. The minimum atomic E-state index is -0.121. The highest BCUT2D eigenvalue weighted by molar-refractivity contribution is 7.07. The first-order valence-electron chi connectivity index (χ1n) is 6.35. The first-order valence-corrected chi connectivity index (χ1v) is 7.29. The van der Waals surface area contributed by atoms with Crippen molar-refractivity contribution in [3.05, 3.63) is 46.5 Å². The molecule has 0 aliphatic carbocycles. The van der Waals surface area contributed by atoms with Gasteiger partial charge in [0.15, 0.2) is 0 Å². The van der Waals surface area contributed by atoms with Crippen LogP contribution in [-0.2, 0) is 17.8 Å². The number of methoxy groups -OCH3 is 1. The Morgan fingerprint density at radius 1 is 1.45 bits per heavy atom. The molecular weight excluding hydrogens is 276 g/mol. The maximum Gasteiger partial charge on any atom is 0.318 e. The van der Waals surface area contributed by atoms with Crippen molar-refractivity contribution in [2.45, 2.75) is 13.1 Å². The van der Waals surface area contributed by atoms with Crippen LogP contribution in [0, 0.1) is 0 Å². The highest BCUT2D eigenvalue weighted by Crippen LogP contribution is 2.13. The molecule has 1 N–H and O–H groups in total. The number of ether oxygens (including phenoxy) is 1. The topological polar surface area (TPSA) is 54.7 Å². The average molecular weight is 294 g/mol. The molecule has 0 aliphatic heterocycles. The number of carbonyl (C=O) groups excluding carboxylic acids is 1. The van der Waals surface area contributed by atoms with Crippen molar-refractivity contribution >= 4 is 17.4 Å². The summed E-state index contributed by atoms with van der Waals surface area (Å²) >= 11 is 1.62. The summed E-state index contributed by atoms with van der Waals surface area (Å²) in [6.07, 6.45) is 1.61. The van der Waals surface area contributed by atoms with Crippen molar-refractivity contribution < 1.29 is 13.9 Å². The van der Waals surface area contributed by atoms with Crippen molar-refractivity contribution in [2.75, 3.05) is 20.3 Å². The number of furan rings is 1. The van der Waals surface area contributed by atoms with Gasteiger partial charge in [-0.1, -0.05) is 0 Å². The molecule has 0 saturated carbocycles.